The molecular formula is C19H26N2O2S. The quantitative estimate of drug-likeness (QED) is 0.842. The number of hydrogen-bond donors (Lipinski definition) is 0. The molecule has 0 radical (unpaired) electrons. The SMILES string of the molecule is CC[C@@H]1CN(C(=O)[C@H]2CSc3ccccc32)C[C@H]1N1CCOCC1. The summed E-state index contributed by atoms with van der Waals surface area (Å²) in [6.07, 6.45) is 1.14. The number of morpholine rings is 1. The van der Waals surface area contributed by atoms with E-state index in [0.717, 1.165) is 51.6 Å². The molecule has 1 aromatic carbocycles. The van der Waals surface area contributed by atoms with Crippen LogP contribution in [-0.2, 0) is 9.53 Å². The number of carbonyl (C=O) groups excluding carboxylic acids is 1. The first kappa shape index (κ1) is 16.4. The van der Waals surface area contributed by atoms with Gasteiger partial charge in [-0.15, -0.1) is 11.8 Å². The van der Waals surface area contributed by atoms with Gasteiger partial charge in [-0.1, -0.05) is 31.5 Å². The minimum atomic E-state index is 0.0483. The molecule has 2 saturated heterocycles. The van der Waals surface area contributed by atoms with E-state index in [1.807, 2.05) is 11.8 Å². The molecule has 3 atom stereocenters. The summed E-state index contributed by atoms with van der Waals surface area (Å²) in [5.74, 6) is 1.87. The van der Waals surface area contributed by atoms with Crippen molar-refractivity contribution in [3.05, 3.63) is 29.8 Å². The normalized spacial score (nSPS) is 30.5. The fraction of sp³-hybridized carbons (Fsp3) is 0.632. The lowest BCUT2D eigenvalue weighted by Crippen LogP contribution is -2.47. The van der Waals surface area contributed by atoms with Crippen molar-refractivity contribution in [3.63, 3.8) is 0 Å². The second-order valence-corrected chi connectivity index (χ2v) is 8.09. The van der Waals surface area contributed by atoms with E-state index >= 15 is 0 Å². The van der Waals surface area contributed by atoms with Crippen LogP contribution in [0.3, 0.4) is 0 Å². The van der Waals surface area contributed by atoms with Crippen molar-refractivity contribution in [1.29, 1.82) is 0 Å². The third kappa shape index (κ3) is 2.98. The first-order valence-corrected chi connectivity index (χ1v) is 10.1. The zero-order valence-corrected chi connectivity index (χ0v) is 15.1. The summed E-state index contributed by atoms with van der Waals surface area (Å²) >= 11 is 1.82. The van der Waals surface area contributed by atoms with Gasteiger partial charge in [0.2, 0.25) is 5.91 Å². The number of ether oxygens (including phenoxy) is 1. The molecule has 1 amide bonds. The Morgan fingerprint density at radius 3 is 2.83 bits per heavy atom. The Morgan fingerprint density at radius 1 is 1.25 bits per heavy atom. The number of hydrogen-bond acceptors (Lipinski definition) is 4. The lowest BCUT2D eigenvalue weighted by molar-refractivity contribution is -0.131. The molecule has 3 aliphatic heterocycles. The van der Waals surface area contributed by atoms with E-state index in [4.69, 9.17) is 4.74 Å². The van der Waals surface area contributed by atoms with Crippen LogP contribution in [0.15, 0.2) is 29.2 Å². The highest BCUT2D eigenvalue weighted by Gasteiger charge is 2.41. The number of thioether (sulfide) groups is 1. The molecule has 130 valence electrons. The molecule has 0 aliphatic carbocycles. The first-order valence-electron chi connectivity index (χ1n) is 9.10. The van der Waals surface area contributed by atoms with Crippen molar-refractivity contribution in [2.75, 3.05) is 45.1 Å². The van der Waals surface area contributed by atoms with Crippen LogP contribution < -0.4 is 0 Å². The minimum Gasteiger partial charge on any atom is -0.379 e. The summed E-state index contributed by atoms with van der Waals surface area (Å²) in [5, 5.41) is 0. The van der Waals surface area contributed by atoms with Crippen molar-refractivity contribution in [1.82, 2.24) is 9.80 Å². The van der Waals surface area contributed by atoms with E-state index in [1.165, 1.54) is 10.5 Å². The number of fused-ring (bicyclic) bond motifs is 1. The van der Waals surface area contributed by atoms with Gasteiger partial charge in [0.15, 0.2) is 0 Å². The zero-order chi connectivity index (χ0) is 16.5. The molecule has 0 unspecified atom stereocenters. The Morgan fingerprint density at radius 2 is 2.04 bits per heavy atom. The fourth-order valence-corrected chi connectivity index (χ4v) is 5.57. The molecule has 0 saturated carbocycles. The van der Waals surface area contributed by atoms with Gasteiger partial charge in [0.1, 0.15) is 0 Å². The maximum Gasteiger partial charge on any atom is 0.231 e. The van der Waals surface area contributed by atoms with Gasteiger partial charge < -0.3 is 9.64 Å². The van der Waals surface area contributed by atoms with Crippen LogP contribution >= 0.6 is 11.8 Å². The third-order valence-corrected chi connectivity index (χ3v) is 6.94. The fourth-order valence-electron chi connectivity index (χ4n) is 4.35. The highest BCUT2D eigenvalue weighted by atomic mass is 32.2. The summed E-state index contributed by atoms with van der Waals surface area (Å²) in [5.41, 5.74) is 1.23. The largest absolute Gasteiger partial charge is 0.379 e. The van der Waals surface area contributed by atoms with Gasteiger partial charge in [-0.2, -0.15) is 0 Å². The summed E-state index contributed by atoms with van der Waals surface area (Å²) in [4.78, 5) is 19.1. The molecule has 1 aromatic rings. The summed E-state index contributed by atoms with van der Waals surface area (Å²) in [7, 11) is 0. The average Bonchev–Trinajstić information content (AvgIpc) is 3.26. The maximum absolute atomic E-state index is 13.2. The van der Waals surface area contributed by atoms with Gasteiger partial charge in [0.05, 0.1) is 19.1 Å². The second kappa shape index (κ2) is 7.06. The van der Waals surface area contributed by atoms with Crippen LogP contribution in [0.25, 0.3) is 0 Å². The van der Waals surface area contributed by atoms with Crippen LogP contribution in [-0.4, -0.2) is 66.9 Å². The van der Waals surface area contributed by atoms with Crippen molar-refractivity contribution in [2.24, 2.45) is 5.92 Å². The second-order valence-electron chi connectivity index (χ2n) is 7.03. The van der Waals surface area contributed by atoms with Gasteiger partial charge in [0.25, 0.3) is 0 Å². The number of nitrogens with zero attached hydrogens (tertiary/aromatic N) is 2. The molecule has 3 heterocycles. The number of carbonyl (C=O) groups is 1. The summed E-state index contributed by atoms with van der Waals surface area (Å²) in [6, 6.07) is 8.90. The molecule has 0 N–H and O–H groups in total. The average molecular weight is 346 g/mol. The third-order valence-electron chi connectivity index (χ3n) is 5.76. The topological polar surface area (TPSA) is 32.8 Å². The predicted octanol–water partition coefficient (Wildman–Crippen LogP) is 2.45. The zero-order valence-electron chi connectivity index (χ0n) is 14.3. The smallest absolute Gasteiger partial charge is 0.231 e. The van der Waals surface area contributed by atoms with E-state index in [-0.39, 0.29) is 5.92 Å². The van der Waals surface area contributed by atoms with E-state index < -0.39 is 0 Å². The molecule has 4 rings (SSSR count). The highest BCUT2D eigenvalue weighted by Crippen LogP contribution is 2.41. The molecule has 3 aliphatic rings. The Hall–Kier alpha value is -1.04. The molecule has 0 spiro atoms. The van der Waals surface area contributed by atoms with Crippen LogP contribution in [0.5, 0.6) is 0 Å². The van der Waals surface area contributed by atoms with Gasteiger partial charge in [0, 0.05) is 42.9 Å². The Balaban J connectivity index is 1.48. The van der Waals surface area contributed by atoms with E-state index in [1.54, 1.807) is 0 Å². The summed E-state index contributed by atoms with van der Waals surface area (Å²) in [6.45, 7) is 7.73. The Bertz CT molecular complexity index is 603. The Labute approximate surface area is 148 Å². The molecule has 0 bridgehead atoms. The monoisotopic (exact) mass is 346 g/mol. The maximum atomic E-state index is 13.2. The van der Waals surface area contributed by atoms with Gasteiger partial charge in [-0.25, -0.2) is 0 Å². The standard InChI is InChI=1S/C19H26N2O2S/c1-2-14-11-21(12-17(14)20-7-9-23-10-8-20)19(22)16-13-24-18-6-4-3-5-15(16)18/h3-6,14,16-17H,2,7-13H2,1H3/t14-,16+,17-/m1/s1. The van der Waals surface area contributed by atoms with Crippen LogP contribution in [0.1, 0.15) is 24.8 Å². The molecule has 24 heavy (non-hydrogen) atoms. The predicted molar refractivity (Wildman–Crippen MR) is 96.4 cm³/mol. The lowest BCUT2D eigenvalue weighted by Gasteiger charge is -2.34. The number of rotatable bonds is 3. The molecular weight excluding hydrogens is 320 g/mol. The number of likely N-dealkylation sites (tertiary alicyclic amines) is 1. The number of amides is 1. The van der Waals surface area contributed by atoms with Crippen molar-refractivity contribution in [2.45, 2.75) is 30.2 Å². The highest BCUT2D eigenvalue weighted by molar-refractivity contribution is 7.99. The van der Waals surface area contributed by atoms with Crippen LogP contribution in [0.2, 0.25) is 0 Å². The number of benzene rings is 1. The molecule has 2 fully saturated rings. The van der Waals surface area contributed by atoms with E-state index in [2.05, 4.69) is 41.0 Å². The van der Waals surface area contributed by atoms with E-state index in [0.29, 0.717) is 17.9 Å². The van der Waals surface area contributed by atoms with Crippen molar-refractivity contribution < 1.29 is 9.53 Å². The summed E-state index contributed by atoms with van der Waals surface area (Å²) < 4.78 is 5.50. The minimum absolute atomic E-state index is 0.0483. The van der Waals surface area contributed by atoms with Gasteiger partial charge in [-0.3, -0.25) is 9.69 Å². The molecule has 4 nitrogen and oxygen atoms in total. The van der Waals surface area contributed by atoms with Crippen molar-refractivity contribution in [3.8, 4) is 0 Å². The molecule has 5 heteroatoms. The van der Waals surface area contributed by atoms with Crippen LogP contribution in [0, 0.1) is 5.92 Å². The van der Waals surface area contributed by atoms with Crippen LogP contribution in [0.4, 0.5) is 0 Å². The Kier molecular flexibility index (Phi) is 4.83. The first-order chi connectivity index (χ1) is 11.8. The van der Waals surface area contributed by atoms with E-state index in [9.17, 15) is 4.79 Å². The van der Waals surface area contributed by atoms with Gasteiger partial charge >= 0.3 is 0 Å². The lowest BCUT2D eigenvalue weighted by atomic mass is 9.99. The van der Waals surface area contributed by atoms with Crippen molar-refractivity contribution >= 4 is 17.7 Å². The van der Waals surface area contributed by atoms with Gasteiger partial charge in [-0.05, 0) is 17.5 Å². The molecule has 0 aromatic heterocycles.